The van der Waals surface area contributed by atoms with Crippen LogP contribution in [0.3, 0.4) is 0 Å². The number of carbonyl (C=O) groups is 17. The lowest BCUT2D eigenvalue weighted by atomic mass is 9.95. The number of hydrogen-bond donors (Lipinski definition) is 24. The Labute approximate surface area is 681 Å². The molecule has 0 aliphatic heterocycles. The molecular weight excluding hydrogens is 1550 g/mol. The van der Waals surface area contributed by atoms with E-state index in [1.54, 1.807) is 71.9 Å². The molecule has 0 aliphatic carbocycles. The van der Waals surface area contributed by atoms with Gasteiger partial charge in [-0.25, -0.2) is 9.78 Å². The highest BCUT2D eigenvalue weighted by atomic mass is 32.1. The minimum absolute atomic E-state index is 0.0430. The van der Waals surface area contributed by atoms with Gasteiger partial charge < -0.3 is 122 Å². The monoisotopic (exact) mass is 1670 g/mol. The summed E-state index contributed by atoms with van der Waals surface area (Å²) in [7, 11) is 0. The molecule has 25 N–H and O–H groups in total. The topological polar surface area (TPSA) is 661 Å². The van der Waals surface area contributed by atoms with E-state index in [9.17, 15) is 112 Å². The zero-order valence-corrected chi connectivity index (χ0v) is 68.1. The predicted octanol–water partition coefficient (Wildman–Crippen LogP) is -5.79. The number of aliphatic hydroxyl groups is 3. The summed E-state index contributed by atoms with van der Waals surface area (Å²) in [5.74, 6) is -22.1. The van der Waals surface area contributed by atoms with Crippen molar-refractivity contribution in [3.8, 4) is 5.75 Å². The summed E-state index contributed by atoms with van der Waals surface area (Å²) in [5.41, 5.74) is 13.0. The molecule has 0 aliphatic rings. The molecule has 0 bridgehead atoms. The van der Waals surface area contributed by atoms with Crippen LogP contribution in [0.4, 0.5) is 0 Å². The van der Waals surface area contributed by atoms with Crippen LogP contribution in [0, 0.1) is 23.7 Å². The predicted molar refractivity (Wildman–Crippen MR) is 422 cm³/mol. The third-order valence-electron chi connectivity index (χ3n) is 18.7. The first kappa shape index (κ1) is 99.8. The van der Waals surface area contributed by atoms with Crippen molar-refractivity contribution in [3.63, 3.8) is 0 Å². The molecule has 1 aromatic heterocycles. The molecule has 117 heavy (non-hydrogen) atoms. The molecule has 0 radical (unpaired) electrons. The Morgan fingerprint density at radius 3 is 1.26 bits per heavy atom. The highest BCUT2D eigenvalue weighted by molar-refractivity contribution is 7.80. The number of nitrogens with two attached hydrogens (primary N) is 2. The number of phenols is 1. The van der Waals surface area contributed by atoms with Crippen molar-refractivity contribution in [2.45, 2.75) is 237 Å². The van der Waals surface area contributed by atoms with Crippen molar-refractivity contribution in [1.29, 1.82) is 0 Å². The van der Waals surface area contributed by atoms with Crippen molar-refractivity contribution < 1.29 is 112 Å². The summed E-state index contributed by atoms with van der Waals surface area (Å²) in [5, 5.41) is 94.8. The number of thiol groups is 1. The number of imidazole rings is 1. The lowest BCUT2D eigenvalue weighted by Crippen LogP contribution is -2.63. The molecule has 648 valence electrons. The van der Waals surface area contributed by atoms with E-state index >= 15 is 0 Å². The second-order valence-corrected chi connectivity index (χ2v) is 29.7. The van der Waals surface area contributed by atoms with Gasteiger partial charge >= 0.3 is 11.9 Å². The fourth-order valence-corrected chi connectivity index (χ4v) is 11.7. The lowest BCUT2D eigenvalue weighted by molar-refractivity contribution is -0.144. The van der Waals surface area contributed by atoms with E-state index in [0.717, 1.165) is 27.7 Å². The minimum Gasteiger partial charge on any atom is -0.508 e. The van der Waals surface area contributed by atoms with Gasteiger partial charge in [-0.05, 0) is 81.0 Å². The highest BCUT2D eigenvalue weighted by Gasteiger charge is 2.41. The van der Waals surface area contributed by atoms with Gasteiger partial charge in [0.15, 0.2) is 0 Å². The molecule has 0 saturated carbocycles. The normalized spacial score (nSPS) is 16.1. The Morgan fingerprint density at radius 2 is 0.812 bits per heavy atom. The largest absolute Gasteiger partial charge is 0.508 e. The summed E-state index contributed by atoms with van der Waals surface area (Å²) in [6.07, 6.45) is -3.15. The molecule has 19 atom stereocenters. The Morgan fingerprint density at radius 1 is 0.436 bits per heavy atom. The number of aromatic nitrogens is 2. The molecule has 0 spiro atoms. The fourth-order valence-electron chi connectivity index (χ4n) is 11.4. The summed E-state index contributed by atoms with van der Waals surface area (Å²) < 4.78 is 0. The van der Waals surface area contributed by atoms with E-state index in [4.69, 9.17) is 11.5 Å². The Balaban J connectivity index is 1.81. The van der Waals surface area contributed by atoms with Crippen LogP contribution in [0.5, 0.6) is 5.75 Å². The molecule has 15 amide bonds. The van der Waals surface area contributed by atoms with Crippen LogP contribution in [0.25, 0.3) is 0 Å². The number of H-pyrrole nitrogens is 1. The molecule has 2 aromatic carbocycles. The van der Waals surface area contributed by atoms with Crippen LogP contribution < -0.4 is 85.9 Å². The number of carboxylic acids is 2. The minimum atomic E-state index is -2.13. The van der Waals surface area contributed by atoms with E-state index in [1.807, 2.05) is 0 Å². The molecule has 41 nitrogen and oxygen atoms in total. The number of primary amides is 1. The van der Waals surface area contributed by atoms with Crippen LogP contribution in [-0.2, 0) is 101 Å². The van der Waals surface area contributed by atoms with E-state index in [-0.39, 0.29) is 49.5 Å². The average Bonchev–Trinajstić information content (AvgIpc) is 1.41. The Kier molecular flexibility index (Phi) is 41.7. The number of nitrogens with one attached hydrogen (secondary N) is 15. The quantitative estimate of drug-likeness (QED) is 0.0234. The van der Waals surface area contributed by atoms with Gasteiger partial charge in [0, 0.05) is 36.9 Å². The van der Waals surface area contributed by atoms with Crippen LogP contribution in [-0.4, -0.2) is 256 Å². The van der Waals surface area contributed by atoms with Crippen molar-refractivity contribution >= 4 is 113 Å². The number of aromatic amines is 1. The number of phenolic OH excluding ortho intramolecular Hbond substituents is 1. The standard InChI is InChI=1S/C75H114N18O23S/c1-13-36(7)57(71(111)85-49(25-42-18-16-15-17-19-42)66(106)87-52(31-94)69(109)89-56(35(5)6)75(115)116)90-68(108)47(24-34(3)4)82-61(101)38(9)80-65(105)51(29-55(99)100)83-67(107)50(28-54(77)98)86-73(113)59(40(11)95)93-74(114)60(41(12)96)92-62(102)39(10)81-64(104)48(26-43-20-22-45(97)23-21-43)84-72(112)58(37(8)14-2)91-70(110)53(32-117)88-63(103)46(76)27-44-30-78-33-79-44/h15-23,30,33-41,46-53,56-60,94-97,117H,13-14,24-29,31-32,76H2,1-12H3,(H2,77,98)(H,78,79)(H,80,105)(H,81,104)(H,82,101)(H,83,107)(H,84,112)(H,85,111)(H,86,113)(H,87,106)(H,88,103)(H,89,109)(H,90,108)(H,91,110)(H,92,102)(H,93,114)(H,99,100)(H,115,116)/t36-,37-,38-,39-,40+,41+,46-,47-,48-,49-,50-,51-,52-,53-,56-,57-,58-,59-,60-/m0/s1. The van der Waals surface area contributed by atoms with E-state index in [1.165, 1.54) is 50.6 Å². The lowest BCUT2D eigenvalue weighted by Gasteiger charge is -2.30. The van der Waals surface area contributed by atoms with E-state index in [0.29, 0.717) is 23.2 Å². The number of nitrogens with zero attached hydrogens (tertiary/aromatic N) is 1. The second-order valence-electron chi connectivity index (χ2n) is 29.4. The molecule has 0 saturated heterocycles. The molecule has 3 rings (SSSR count). The highest BCUT2D eigenvalue weighted by Crippen LogP contribution is 2.17. The van der Waals surface area contributed by atoms with Gasteiger partial charge in [-0.2, -0.15) is 12.6 Å². The number of amides is 15. The summed E-state index contributed by atoms with van der Waals surface area (Å²) in [4.78, 5) is 238. The molecule has 42 heteroatoms. The zero-order chi connectivity index (χ0) is 88.4. The Hall–Kier alpha value is -11.4. The van der Waals surface area contributed by atoms with E-state index in [2.05, 4.69) is 97.0 Å². The van der Waals surface area contributed by atoms with Gasteiger partial charge in [0.25, 0.3) is 0 Å². The van der Waals surface area contributed by atoms with Crippen molar-refractivity contribution in [2.24, 2.45) is 35.1 Å². The summed E-state index contributed by atoms with van der Waals surface area (Å²) in [6, 6.07) is -10.7. The third-order valence-corrected chi connectivity index (χ3v) is 19.1. The SMILES string of the molecule is CC[C@H](C)[C@H](NC(=O)[C@H](CS)NC(=O)[C@@H](N)Cc1cnc[nH]1)C(=O)N[C@@H](Cc1ccc(O)cc1)C(=O)N[C@@H](C)C(=O)N[C@H](C(=O)N[C@H](C(=O)N[C@@H](CC(N)=O)C(=O)N[C@@H](CC(=O)O)C(=O)N[C@@H](C)C(=O)N[C@@H](CC(C)C)C(=O)N[C@H](C(=O)N[C@@H](Cc1ccccc1)C(=O)N[C@@H](CO)C(=O)N[C@H](C(=O)O)C(C)C)[C@@H](C)CC)[C@@H](C)O)[C@@H](C)O. The molecule has 0 fully saturated rings. The summed E-state index contributed by atoms with van der Waals surface area (Å²) >= 11 is 4.22. The number of rotatable bonds is 50. The van der Waals surface area contributed by atoms with Gasteiger partial charge in [0.05, 0.1) is 44.0 Å². The smallest absolute Gasteiger partial charge is 0.326 e. The number of hydrogen-bond acceptors (Lipinski definition) is 24. The number of aromatic hydroxyl groups is 1. The van der Waals surface area contributed by atoms with Crippen molar-refractivity contribution in [1.82, 2.24) is 84.4 Å². The first-order valence-corrected chi connectivity index (χ1v) is 38.6. The molecular formula is C75H114N18O23S. The van der Waals surface area contributed by atoms with Gasteiger partial charge in [-0.3, -0.25) is 76.7 Å². The third kappa shape index (κ3) is 33.4. The zero-order valence-electron chi connectivity index (χ0n) is 67.2. The molecule has 3 aromatic rings. The number of aliphatic hydroxyl groups excluding tert-OH is 3. The van der Waals surface area contributed by atoms with Gasteiger partial charge in [-0.15, -0.1) is 0 Å². The van der Waals surface area contributed by atoms with Crippen LogP contribution >= 0.6 is 12.6 Å². The Bertz CT molecular complexity index is 3890. The van der Waals surface area contributed by atoms with Gasteiger partial charge in [0.1, 0.15) is 90.3 Å². The molecule has 1 heterocycles. The fraction of sp³-hybridized carbons (Fsp3) is 0.573. The number of aliphatic carboxylic acids is 2. The van der Waals surface area contributed by atoms with Crippen LogP contribution in [0.2, 0.25) is 0 Å². The number of carbonyl (C=O) groups excluding carboxylic acids is 15. The van der Waals surface area contributed by atoms with E-state index < -0.39 is 241 Å². The first-order chi connectivity index (χ1) is 54.9. The van der Waals surface area contributed by atoms with Crippen LogP contribution in [0.15, 0.2) is 67.1 Å². The van der Waals surface area contributed by atoms with Crippen molar-refractivity contribution in [3.05, 3.63) is 83.9 Å². The first-order valence-electron chi connectivity index (χ1n) is 38.0. The maximum Gasteiger partial charge on any atom is 0.326 e. The second kappa shape index (κ2) is 48.9. The maximum absolute atomic E-state index is 14.4. The summed E-state index contributed by atoms with van der Waals surface area (Å²) in [6.45, 7) is 16.4. The number of carboxylic acid groups (broad SMARTS) is 2. The van der Waals surface area contributed by atoms with Crippen LogP contribution in [0.1, 0.15) is 132 Å². The maximum atomic E-state index is 14.4. The molecule has 0 unspecified atom stereocenters. The number of benzene rings is 2. The van der Waals surface area contributed by atoms with Gasteiger partial charge in [0.2, 0.25) is 88.6 Å². The van der Waals surface area contributed by atoms with Gasteiger partial charge in [-0.1, -0.05) is 111 Å². The average molecular weight is 1670 g/mol. The van der Waals surface area contributed by atoms with Crippen molar-refractivity contribution in [2.75, 3.05) is 12.4 Å².